The van der Waals surface area contributed by atoms with Crippen LogP contribution in [0, 0.1) is 5.41 Å². The Hall–Kier alpha value is -1.09. The van der Waals surface area contributed by atoms with E-state index in [1.54, 1.807) is 0 Å². The Morgan fingerprint density at radius 2 is 2.06 bits per heavy atom. The topological polar surface area (TPSA) is 22.0 Å². The molecule has 0 N–H and O–H groups in total. The van der Waals surface area contributed by atoms with Gasteiger partial charge < -0.3 is 4.57 Å². The van der Waals surface area contributed by atoms with E-state index in [0.717, 1.165) is 34.6 Å². The molecule has 94 valence electrons. The van der Waals surface area contributed by atoms with Crippen molar-refractivity contribution < 1.29 is 0 Å². The van der Waals surface area contributed by atoms with Gasteiger partial charge in [-0.05, 0) is 47.9 Å². The maximum absolute atomic E-state index is 12.5. The lowest BCUT2D eigenvalue weighted by atomic mass is 9.83. The summed E-state index contributed by atoms with van der Waals surface area (Å²) in [6.45, 7) is 5.29. The van der Waals surface area contributed by atoms with Crippen molar-refractivity contribution >= 4 is 26.7 Å². The number of fused-ring (bicyclic) bond motifs is 2. The summed E-state index contributed by atoms with van der Waals surface area (Å²) < 4.78 is 2.98. The molecule has 0 unspecified atom stereocenters. The minimum Gasteiger partial charge on any atom is -0.312 e. The highest BCUT2D eigenvalue weighted by Gasteiger charge is 2.26. The van der Waals surface area contributed by atoms with Gasteiger partial charge in [-0.2, -0.15) is 0 Å². The number of hydrogen-bond donors (Lipinski definition) is 0. The molecule has 0 radical (unpaired) electrons. The van der Waals surface area contributed by atoms with Gasteiger partial charge in [0.2, 0.25) is 0 Å². The Morgan fingerprint density at radius 1 is 1.28 bits per heavy atom. The average Bonchev–Trinajstić information content (AvgIpc) is 2.30. The van der Waals surface area contributed by atoms with Gasteiger partial charge in [0.05, 0.1) is 0 Å². The van der Waals surface area contributed by atoms with Crippen molar-refractivity contribution in [2.24, 2.45) is 5.41 Å². The number of rotatable bonds is 0. The van der Waals surface area contributed by atoms with Crippen molar-refractivity contribution in [3.63, 3.8) is 0 Å². The highest BCUT2D eigenvalue weighted by atomic mass is 79.9. The number of nitrogens with zero attached hydrogens (tertiary/aromatic N) is 1. The van der Waals surface area contributed by atoms with Crippen LogP contribution in [0.25, 0.3) is 10.8 Å². The lowest BCUT2D eigenvalue weighted by Gasteiger charge is -2.32. The molecule has 1 aliphatic heterocycles. The first-order valence-electron chi connectivity index (χ1n) is 6.28. The lowest BCUT2D eigenvalue weighted by Crippen LogP contribution is -2.35. The van der Waals surface area contributed by atoms with E-state index in [0.29, 0.717) is 0 Å². The zero-order chi connectivity index (χ0) is 12.9. The van der Waals surface area contributed by atoms with Crippen LogP contribution in [-0.4, -0.2) is 4.57 Å². The highest BCUT2D eigenvalue weighted by Crippen LogP contribution is 2.31. The van der Waals surface area contributed by atoms with Crippen LogP contribution in [0.1, 0.15) is 26.0 Å². The number of pyridine rings is 1. The third-order valence-electron chi connectivity index (χ3n) is 3.80. The zero-order valence-electron chi connectivity index (χ0n) is 10.7. The van der Waals surface area contributed by atoms with Gasteiger partial charge in [-0.15, -0.1) is 0 Å². The van der Waals surface area contributed by atoms with Crippen molar-refractivity contribution in [3.05, 3.63) is 44.8 Å². The number of halogens is 1. The first kappa shape index (κ1) is 12.0. The smallest absolute Gasteiger partial charge is 0.258 e. The fourth-order valence-corrected chi connectivity index (χ4v) is 3.11. The molecule has 3 rings (SSSR count). The van der Waals surface area contributed by atoms with Gasteiger partial charge in [-0.1, -0.05) is 29.8 Å². The Bertz CT molecular complexity index is 685. The molecular formula is C15H16BrNO. The second-order valence-electron chi connectivity index (χ2n) is 5.92. The molecule has 3 heteroatoms. The van der Waals surface area contributed by atoms with E-state index in [-0.39, 0.29) is 11.0 Å². The molecule has 0 bridgehead atoms. The van der Waals surface area contributed by atoms with Gasteiger partial charge in [0.15, 0.2) is 0 Å². The fourth-order valence-electron chi connectivity index (χ4n) is 2.74. The van der Waals surface area contributed by atoms with Gasteiger partial charge in [0.1, 0.15) is 0 Å². The van der Waals surface area contributed by atoms with Crippen molar-refractivity contribution in [2.75, 3.05) is 0 Å². The van der Waals surface area contributed by atoms with Crippen LogP contribution in [0.4, 0.5) is 0 Å². The molecule has 18 heavy (non-hydrogen) atoms. The standard InChI is InChI=1S/C15H16BrNO/c1-15(2)6-5-12-8-10-7-11(16)3-4-13(10)14(18)17(12)9-15/h3-4,7-8H,5-6,9H2,1-2H3. The van der Waals surface area contributed by atoms with Gasteiger partial charge in [0.25, 0.3) is 5.56 Å². The summed E-state index contributed by atoms with van der Waals surface area (Å²) in [6, 6.07) is 8.04. The van der Waals surface area contributed by atoms with Gasteiger partial charge >= 0.3 is 0 Å². The quantitative estimate of drug-likeness (QED) is 0.727. The molecule has 0 saturated carbocycles. The summed E-state index contributed by atoms with van der Waals surface area (Å²) in [6.07, 6.45) is 2.14. The average molecular weight is 306 g/mol. The van der Waals surface area contributed by atoms with Crippen LogP contribution in [-0.2, 0) is 13.0 Å². The molecule has 0 atom stereocenters. The minimum absolute atomic E-state index is 0.155. The van der Waals surface area contributed by atoms with Gasteiger partial charge in [0, 0.05) is 22.1 Å². The van der Waals surface area contributed by atoms with Crippen LogP contribution in [0.3, 0.4) is 0 Å². The molecule has 0 amide bonds. The molecular weight excluding hydrogens is 290 g/mol. The van der Waals surface area contributed by atoms with Crippen molar-refractivity contribution in [3.8, 4) is 0 Å². The molecule has 1 aromatic carbocycles. The van der Waals surface area contributed by atoms with Crippen LogP contribution in [0.5, 0.6) is 0 Å². The van der Waals surface area contributed by atoms with E-state index in [1.165, 1.54) is 5.69 Å². The molecule has 2 heterocycles. The molecule has 1 aromatic heterocycles. The zero-order valence-corrected chi connectivity index (χ0v) is 12.3. The van der Waals surface area contributed by atoms with Gasteiger partial charge in [-0.25, -0.2) is 0 Å². The Kier molecular flexibility index (Phi) is 2.63. The van der Waals surface area contributed by atoms with Crippen LogP contribution in [0.15, 0.2) is 33.5 Å². The number of aryl methyl sites for hydroxylation is 1. The van der Waals surface area contributed by atoms with Crippen LogP contribution < -0.4 is 5.56 Å². The van der Waals surface area contributed by atoms with E-state index in [9.17, 15) is 4.79 Å². The number of benzene rings is 1. The molecule has 0 fully saturated rings. The molecule has 0 saturated heterocycles. The summed E-state index contributed by atoms with van der Waals surface area (Å²) in [5, 5.41) is 1.86. The van der Waals surface area contributed by atoms with E-state index in [2.05, 4.69) is 35.8 Å². The Labute approximate surface area is 115 Å². The highest BCUT2D eigenvalue weighted by molar-refractivity contribution is 9.10. The molecule has 0 aliphatic carbocycles. The predicted octanol–water partition coefficient (Wildman–Crippen LogP) is 3.74. The monoisotopic (exact) mass is 305 g/mol. The van der Waals surface area contributed by atoms with Crippen LogP contribution in [0.2, 0.25) is 0 Å². The Morgan fingerprint density at radius 3 is 2.83 bits per heavy atom. The number of hydrogen-bond acceptors (Lipinski definition) is 1. The fraction of sp³-hybridized carbons (Fsp3) is 0.400. The summed E-state index contributed by atoms with van der Waals surface area (Å²) in [5.74, 6) is 0. The first-order chi connectivity index (χ1) is 8.46. The molecule has 0 spiro atoms. The first-order valence-corrected chi connectivity index (χ1v) is 7.08. The largest absolute Gasteiger partial charge is 0.312 e. The van der Waals surface area contributed by atoms with E-state index < -0.39 is 0 Å². The van der Waals surface area contributed by atoms with E-state index in [1.807, 2.05) is 22.8 Å². The second kappa shape index (κ2) is 3.95. The summed E-state index contributed by atoms with van der Waals surface area (Å²) >= 11 is 3.46. The molecule has 2 aromatic rings. The third kappa shape index (κ3) is 1.91. The molecule has 1 aliphatic rings. The van der Waals surface area contributed by atoms with Crippen LogP contribution >= 0.6 is 15.9 Å². The van der Waals surface area contributed by atoms with E-state index in [4.69, 9.17) is 0 Å². The maximum atomic E-state index is 12.5. The maximum Gasteiger partial charge on any atom is 0.258 e. The lowest BCUT2D eigenvalue weighted by molar-refractivity contribution is 0.245. The van der Waals surface area contributed by atoms with Crippen molar-refractivity contribution in [2.45, 2.75) is 33.2 Å². The normalized spacial score (nSPS) is 17.7. The third-order valence-corrected chi connectivity index (χ3v) is 4.30. The summed E-state index contributed by atoms with van der Waals surface area (Å²) in [7, 11) is 0. The summed E-state index contributed by atoms with van der Waals surface area (Å²) in [5.41, 5.74) is 1.55. The number of aromatic nitrogens is 1. The predicted molar refractivity (Wildman–Crippen MR) is 78.0 cm³/mol. The SMILES string of the molecule is CC1(C)CCc2cc3cc(Br)ccc3c(=O)n2C1. The molecule has 2 nitrogen and oxygen atoms in total. The summed E-state index contributed by atoms with van der Waals surface area (Å²) in [4.78, 5) is 12.5. The van der Waals surface area contributed by atoms with E-state index >= 15 is 0 Å². The van der Waals surface area contributed by atoms with Crippen molar-refractivity contribution in [1.29, 1.82) is 0 Å². The Balaban J connectivity index is 2.30. The van der Waals surface area contributed by atoms with Gasteiger partial charge in [-0.3, -0.25) is 4.79 Å². The second-order valence-corrected chi connectivity index (χ2v) is 6.84. The van der Waals surface area contributed by atoms with Crippen molar-refractivity contribution in [1.82, 2.24) is 4.57 Å². The minimum atomic E-state index is 0.155.